The lowest BCUT2D eigenvalue weighted by molar-refractivity contribution is 0.503. The average molecular weight is 322 g/mol. The Morgan fingerprint density at radius 3 is 2.65 bits per heavy atom. The second kappa shape index (κ2) is 5.86. The zero-order valence-corrected chi connectivity index (χ0v) is 11.6. The smallest absolute Gasteiger partial charge is 0.240 e. The van der Waals surface area contributed by atoms with E-state index in [0.29, 0.717) is 11.1 Å². The second-order valence-corrected chi connectivity index (χ2v) is 6.10. The lowest BCUT2D eigenvalue weighted by Crippen LogP contribution is -2.27. The predicted molar refractivity (Wildman–Crippen MR) is 68.8 cm³/mol. The molecular weight excluding hydrogens is 312 g/mol. The van der Waals surface area contributed by atoms with Crippen molar-refractivity contribution >= 4 is 21.6 Å². The van der Waals surface area contributed by atoms with Crippen LogP contribution in [-0.2, 0) is 16.6 Å². The second-order valence-electron chi connectivity index (χ2n) is 3.90. The van der Waals surface area contributed by atoms with E-state index in [1.165, 1.54) is 17.1 Å². The van der Waals surface area contributed by atoms with Gasteiger partial charge in [-0.3, -0.25) is 4.68 Å². The van der Waals surface area contributed by atoms with Gasteiger partial charge in [-0.15, -0.1) is 0 Å². The maximum atomic E-state index is 13.0. The van der Waals surface area contributed by atoms with E-state index in [-0.39, 0.29) is 18.0 Å². The fourth-order valence-electron chi connectivity index (χ4n) is 1.48. The van der Waals surface area contributed by atoms with E-state index >= 15 is 0 Å². The molecule has 1 aromatic heterocycles. The van der Waals surface area contributed by atoms with Crippen LogP contribution in [-0.4, -0.2) is 24.7 Å². The van der Waals surface area contributed by atoms with E-state index < -0.39 is 21.7 Å². The van der Waals surface area contributed by atoms with Crippen molar-refractivity contribution in [1.29, 1.82) is 0 Å². The van der Waals surface area contributed by atoms with Gasteiger partial charge < -0.3 is 0 Å². The number of hydrogen-bond acceptors (Lipinski definition) is 3. The zero-order valence-electron chi connectivity index (χ0n) is 10.1. The lowest BCUT2D eigenvalue weighted by Gasteiger charge is -2.07. The van der Waals surface area contributed by atoms with Crippen LogP contribution >= 0.6 is 11.6 Å². The van der Waals surface area contributed by atoms with Gasteiger partial charge in [0.15, 0.2) is 11.6 Å². The SMILES string of the molecule is O=S(=O)(NCCn1cc(Cl)cn1)c1ccc(F)c(F)c1. The molecule has 5 nitrogen and oxygen atoms in total. The van der Waals surface area contributed by atoms with E-state index in [0.717, 1.165) is 12.1 Å². The summed E-state index contributed by atoms with van der Waals surface area (Å²) in [5.41, 5.74) is 0. The molecule has 1 N–H and O–H groups in total. The van der Waals surface area contributed by atoms with Gasteiger partial charge in [0.2, 0.25) is 10.0 Å². The Kier molecular flexibility index (Phi) is 4.36. The van der Waals surface area contributed by atoms with Crippen LogP contribution in [0.1, 0.15) is 0 Å². The van der Waals surface area contributed by atoms with Crippen molar-refractivity contribution in [1.82, 2.24) is 14.5 Å². The average Bonchev–Trinajstić information content (AvgIpc) is 2.78. The standard InChI is InChI=1S/C11H10ClF2N3O2S/c12-8-6-15-17(7-8)4-3-16-20(18,19)9-1-2-10(13)11(14)5-9/h1-2,5-7,16H,3-4H2. The van der Waals surface area contributed by atoms with Crippen LogP contribution in [0.5, 0.6) is 0 Å². The predicted octanol–water partition coefficient (Wildman–Crippen LogP) is 1.79. The highest BCUT2D eigenvalue weighted by atomic mass is 35.5. The summed E-state index contributed by atoms with van der Waals surface area (Å²) in [4.78, 5) is -0.338. The molecule has 2 rings (SSSR count). The molecule has 0 amide bonds. The maximum absolute atomic E-state index is 13.0. The van der Waals surface area contributed by atoms with E-state index in [9.17, 15) is 17.2 Å². The van der Waals surface area contributed by atoms with Crippen molar-refractivity contribution in [3.05, 3.63) is 47.2 Å². The van der Waals surface area contributed by atoms with Crippen LogP contribution in [0.3, 0.4) is 0 Å². The molecular formula is C11H10ClF2N3O2S. The molecule has 0 bridgehead atoms. The van der Waals surface area contributed by atoms with Crippen molar-refractivity contribution in [2.75, 3.05) is 6.54 Å². The Morgan fingerprint density at radius 2 is 2.05 bits per heavy atom. The van der Waals surface area contributed by atoms with Crippen LogP contribution in [0.4, 0.5) is 8.78 Å². The van der Waals surface area contributed by atoms with E-state index in [4.69, 9.17) is 11.6 Å². The van der Waals surface area contributed by atoms with Crippen molar-refractivity contribution < 1.29 is 17.2 Å². The molecule has 0 saturated heterocycles. The summed E-state index contributed by atoms with van der Waals surface area (Å²) in [5, 5.41) is 4.31. The third-order valence-electron chi connectivity index (χ3n) is 2.44. The highest BCUT2D eigenvalue weighted by Gasteiger charge is 2.15. The fraction of sp³-hybridized carbons (Fsp3) is 0.182. The number of hydrogen-bond donors (Lipinski definition) is 1. The highest BCUT2D eigenvalue weighted by molar-refractivity contribution is 7.89. The summed E-state index contributed by atoms with van der Waals surface area (Å²) in [5.74, 6) is -2.32. The molecule has 0 radical (unpaired) electrons. The Hall–Kier alpha value is -1.51. The molecule has 0 aliphatic rings. The van der Waals surface area contributed by atoms with Gasteiger partial charge in [0, 0.05) is 12.7 Å². The van der Waals surface area contributed by atoms with E-state index in [2.05, 4.69) is 9.82 Å². The number of benzene rings is 1. The molecule has 0 saturated carbocycles. The van der Waals surface area contributed by atoms with Crippen LogP contribution in [0, 0.1) is 11.6 Å². The summed E-state index contributed by atoms with van der Waals surface area (Å²) in [6.45, 7) is 0.301. The van der Waals surface area contributed by atoms with Crippen molar-refractivity contribution in [2.24, 2.45) is 0 Å². The van der Waals surface area contributed by atoms with Crippen LogP contribution in [0.25, 0.3) is 0 Å². The minimum Gasteiger partial charge on any atom is -0.270 e. The Bertz CT molecular complexity index is 718. The minimum atomic E-state index is -3.89. The molecule has 2 aromatic rings. The Balaban J connectivity index is 2.02. The summed E-state index contributed by atoms with van der Waals surface area (Å²) in [6.07, 6.45) is 2.96. The van der Waals surface area contributed by atoms with E-state index in [1.807, 2.05) is 0 Å². The van der Waals surface area contributed by atoms with Crippen LogP contribution in [0.15, 0.2) is 35.5 Å². The summed E-state index contributed by atoms with van der Waals surface area (Å²) < 4.78 is 53.1. The molecule has 20 heavy (non-hydrogen) atoms. The van der Waals surface area contributed by atoms with Gasteiger partial charge in [0.1, 0.15) is 0 Å². The molecule has 0 unspecified atom stereocenters. The quantitative estimate of drug-likeness (QED) is 0.913. The first-order chi connectivity index (χ1) is 9.38. The van der Waals surface area contributed by atoms with Gasteiger partial charge in [0.25, 0.3) is 0 Å². The maximum Gasteiger partial charge on any atom is 0.240 e. The first-order valence-corrected chi connectivity index (χ1v) is 7.37. The number of nitrogens with one attached hydrogen (secondary N) is 1. The summed E-state index contributed by atoms with van der Waals surface area (Å²) >= 11 is 5.66. The zero-order chi connectivity index (χ0) is 14.8. The molecule has 1 heterocycles. The first kappa shape index (κ1) is 14.9. The van der Waals surface area contributed by atoms with Crippen molar-refractivity contribution in [2.45, 2.75) is 11.4 Å². The molecule has 108 valence electrons. The monoisotopic (exact) mass is 321 g/mol. The Labute approximate surface area is 119 Å². The number of aromatic nitrogens is 2. The third-order valence-corrected chi connectivity index (χ3v) is 4.09. The molecule has 0 spiro atoms. The van der Waals surface area contributed by atoms with Gasteiger partial charge in [-0.25, -0.2) is 21.9 Å². The minimum absolute atomic E-state index is 0.0410. The number of halogens is 3. The molecule has 0 aliphatic carbocycles. The van der Waals surface area contributed by atoms with E-state index in [1.54, 1.807) is 0 Å². The van der Waals surface area contributed by atoms with Crippen LogP contribution < -0.4 is 4.72 Å². The summed E-state index contributed by atoms with van der Waals surface area (Å²) in [7, 11) is -3.89. The number of rotatable bonds is 5. The number of nitrogens with zero attached hydrogens (tertiary/aromatic N) is 2. The molecule has 9 heteroatoms. The van der Waals surface area contributed by atoms with Gasteiger partial charge in [-0.05, 0) is 18.2 Å². The first-order valence-electron chi connectivity index (χ1n) is 5.51. The largest absolute Gasteiger partial charge is 0.270 e. The van der Waals surface area contributed by atoms with Gasteiger partial charge >= 0.3 is 0 Å². The lowest BCUT2D eigenvalue weighted by atomic mass is 10.3. The molecule has 0 aliphatic heterocycles. The van der Waals surface area contributed by atoms with Crippen LogP contribution in [0.2, 0.25) is 5.02 Å². The fourth-order valence-corrected chi connectivity index (χ4v) is 2.67. The molecule has 1 aromatic carbocycles. The topological polar surface area (TPSA) is 64.0 Å². The number of sulfonamides is 1. The van der Waals surface area contributed by atoms with Gasteiger partial charge in [-0.1, -0.05) is 11.6 Å². The summed E-state index contributed by atoms with van der Waals surface area (Å²) in [6, 6.07) is 2.38. The molecule has 0 fully saturated rings. The normalized spacial score (nSPS) is 11.8. The molecule has 0 atom stereocenters. The van der Waals surface area contributed by atoms with Crippen molar-refractivity contribution in [3.8, 4) is 0 Å². The van der Waals surface area contributed by atoms with Gasteiger partial charge in [-0.2, -0.15) is 5.10 Å². The van der Waals surface area contributed by atoms with Crippen molar-refractivity contribution in [3.63, 3.8) is 0 Å². The Morgan fingerprint density at radius 1 is 1.30 bits per heavy atom. The van der Waals surface area contributed by atoms with Gasteiger partial charge in [0.05, 0.1) is 22.7 Å². The third kappa shape index (κ3) is 3.53. The highest BCUT2D eigenvalue weighted by Crippen LogP contribution is 2.13.